The van der Waals surface area contributed by atoms with Crippen molar-refractivity contribution >= 4 is 17.3 Å². The third-order valence-electron chi connectivity index (χ3n) is 2.61. The van der Waals surface area contributed by atoms with E-state index >= 15 is 0 Å². The average molecular weight is 307 g/mol. The van der Waals surface area contributed by atoms with E-state index in [1.807, 2.05) is 6.07 Å². The summed E-state index contributed by atoms with van der Waals surface area (Å²) in [5.41, 5.74) is 0.442. The van der Waals surface area contributed by atoms with Crippen molar-refractivity contribution in [2.24, 2.45) is 0 Å². The van der Waals surface area contributed by atoms with Crippen molar-refractivity contribution in [3.8, 4) is 11.8 Å². The molecule has 0 saturated heterocycles. The lowest BCUT2D eigenvalue weighted by Gasteiger charge is -2.07. The molecule has 0 heterocycles. The van der Waals surface area contributed by atoms with E-state index in [1.165, 1.54) is 30.3 Å². The minimum Gasteiger partial charge on any atom is -0.489 e. The summed E-state index contributed by atoms with van der Waals surface area (Å²) in [6.45, 7) is 0.0145. The van der Waals surface area contributed by atoms with E-state index in [2.05, 4.69) is 0 Å². The first-order valence-corrected chi connectivity index (χ1v) is 6.13. The zero-order valence-electron chi connectivity index (χ0n) is 10.5. The monoisotopic (exact) mass is 306 g/mol. The molecule has 0 unspecified atom stereocenters. The van der Waals surface area contributed by atoms with Crippen LogP contribution in [0.4, 0.5) is 10.1 Å². The predicted octanol–water partition coefficient (Wildman–Crippen LogP) is 3.84. The van der Waals surface area contributed by atoms with Crippen LogP contribution in [0, 0.1) is 27.3 Å². The van der Waals surface area contributed by atoms with Crippen LogP contribution in [0.5, 0.6) is 5.75 Å². The Hall–Kier alpha value is -2.65. The van der Waals surface area contributed by atoms with Gasteiger partial charge in [0, 0.05) is 12.1 Å². The second-order valence-electron chi connectivity index (χ2n) is 4.12. The van der Waals surface area contributed by atoms with Crippen molar-refractivity contribution < 1.29 is 14.1 Å². The van der Waals surface area contributed by atoms with Gasteiger partial charge in [-0.25, -0.2) is 4.39 Å². The van der Waals surface area contributed by atoms with Gasteiger partial charge < -0.3 is 4.74 Å². The van der Waals surface area contributed by atoms with Crippen molar-refractivity contribution in [3.63, 3.8) is 0 Å². The van der Waals surface area contributed by atoms with Crippen LogP contribution in [0.15, 0.2) is 36.4 Å². The first-order chi connectivity index (χ1) is 9.99. The summed E-state index contributed by atoms with van der Waals surface area (Å²) in [4.78, 5) is 10.0. The number of nitro benzene ring substituents is 1. The second-order valence-corrected chi connectivity index (χ2v) is 4.53. The van der Waals surface area contributed by atoms with Crippen molar-refractivity contribution in [1.29, 1.82) is 5.26 Å². The summed E-state index contributed by atoms with van der Waals surface area (Å²) >= 11 is 5.75. The first-order valence-electron chi connectivity index (χ1n) is 5.76. The highest BCUT2D eigenvalue weighted by atomic mass is 35.5. The summed E-state index contributed by atoms with van der Waals surface area (Å²) in [7, 11) is 0. The Morgan fingerprint density at radius 3 is 2.71 bits per heavy atom. The smallest absolute Gasteiger partial charge is 0.288 e. The molecule has 0 radical (unpaired) electrons. The van der Waals surface area contributed by atoms with Gasteiger partial charge in [0.15, 0.2) is 0 Å². The summed E-state index contributed by atoms with van der Waals surface area (Å²) in [6.07, 6.45) is 0. The largest absolute Gasteiger partial charge is 0.489 e. The molecule has 0 atom stereocenters. The lowest BCUT2D eigenvalue weighted by molar-refractivity contribution is -0.384. The SMILES string of the molecule is N#Cc1cc(F)cc(COc2ccc([N+](=O)[O-])c(Cl)c2)c1. The maximum Gasteiger partial charge on any atom is 0.288 e. The van der Waals surface area contributed by atoms with Gasteiger partial charge in [-0.15, -0.1) is 0 Å². The Labute approximate surface area is 124 Å². The molecule has 0 amide bonds. The topological polar surface area (TPSA) is 76.2 Å². The normalized spacial score (nSPS) is 9.95. The highest BCUT2D eigenvalue weighted by molar-refractivity contribution is 6.32. The Balaban J connectivity index is 2.13. The molecular formula is C14H8ClFN2O3. The van der Waals surface area contributed by atoms with Crippen LogP contribution in [0.25, 0.3) is 0 Å². The standard InChI is InChI=1S/C14H8ClFN2O3/c15-13-6-12(1-2-14(13)18(19)20)21-8-10-3-9(7-17)4-11(16)5-10/h1-6H,8H2. The number of halogens is 2. The fourth-order valence-corrected chi connectivity index (χ4v) is 1.93. The Kier molecular flexibility index (Phi) is 4.36. The summed E-state index contributed by atoms with van der Waals surface area (Å²) in [6, 6.07) is 9.63. The van der Waals surface area contributed by atoms with Crippen molar-refractivity contribution in [3.05, 3.63) is 68.5 Å². The van der Waals surface area contributed by atoms with Crippen LogP contribution >= 0.6 is 11.6 Å². The molecule has 21 heavy (non-hydrogen) atoms. The molecule has 2 aromatic carbocycles. The number of ether oxygens (including phenoxy) is 1. The molecule has 0 spiro atoms. The van der Waals surface area contributed by atoms with Gasteiger partial charge in [0.25, 0.3) is 5.69 Å². The second kappa shape index (κ2) is 6.20. The van der Waals surface area contributed by atoms with Gasteiger partial charge in [0.05, 0.1) is 16.6 Å². The number of nitrogens with zero attached hydrogens (tertiary/aromatic N) is 2. The van der Waals surface area contributed by atoms with Crippen LogP contribution in [-0.4, -0.2) is 4.92 Å². The van der Waals surface area contributed by atoms with Gasteiger partial charge in [0.1, 0.15) is 23.2 Å². The fraction of sp³-hybridized carbons (Fsp3) is 0.0714. The van der Waals surface area contributed by atoms with Crippen LogP contribution in [0.2, 0.25) is 5.02 Å². The van der Waals surface area contributed by atoms with Gasteiger partial charge >= 0.3 is 0 Å². The zero-order chi connectivity index (χ0) is 15.4. The van der Waals surface area contributed by atoms with Crippen molar-refractivity contribution in [1.82, 2.24) is 0 Å². The molecule has 0 aliphatic rings. The third-order valence-corrected chi connectivity index (χ3v) is 2.91. The van der Waals surface area contributed by atoms with Crippen LogP contribution in [0.3, 0.4) is 0 Å². The molecule has 0 aromatic heterocycles. The van der Waals surface area contributed by atoms with Crippen LogP contribution in [-0.2, 0) is 6.61 Å². The third kappa shape index (κ3) is 3.68. The van der Waals surface area contributed by atoms with Gasteiger partial charge in [0.2, 0.25) is 0 Å². The summed E-state index contributed by atoms with van der Waals surface area (Å²) in [5, 5.41) is 19.3. The van der Waals surface area contributed by atoms with Gasteiger partial charge in [-0.3, -0.25) is 10.1 Å². The molecular weight excluding hydrogens is 299 g/mol. The van der Waals surface area contributed by atoms with E-state index in [1.54, 1.807) is 0 Å². The van der Waals surface area contributed by atoms with E-state index < -0.39 is 10.7 Å². The van der Waals surface area contributed by atoms with E-state index in [0.29, 0.717) is 11.3 Å². The molecule has 0 aliphatic carbocycles. The van der Waals surface area contributed by atoms with E-state index in [-0.39, 0.29) is 22.9 Å². The number of hydrogen-bond donors (Lipinski definition) is 0. The molecule has 2 rings (SSSR count). The lowest BCUT2D eigenvalue weighted by Crippen LogP contribution is -1.98. The minimum absolute atomic E-state index is 0.0145. The lowest BCUT2D eigenvalue weighted by atomic mass is 10.1. The Bertz CT molecular complexity index is 743. The highest BCUT2D eigenvalue weighted by Crippen LogP contribution is 2.28. The maximum atomic E-state index is 13.2. The van der Waals surface area contributed by atoms with Crippen LogP contribution in [0.1, 0.15) is 11.1 Å². The molecule has 106 valence electrons. The maximum absolute atomic E-state index is 13.2. The van der Waals surface area contributed by atoms with Gasteiger partial charge in [-0.2, -0.15) is 5.26 Å². The summed E-state index contributed by atoms with van der Waals surface area (Å²) < 4.78 is 18.6. The number of nitro groups is 1. The minimum atomic E-state index is -0.599. The molecule has 5 nitrogen and oxygen atoms in total. The average Bonchev–Trinajstić information content (AvgIpc) is 2.44. The Morgan fingerprint density at radius 1 is 1.33 bits per heavy atom. The van der Waals surface area contributed by atoms with E-state index in [0.717, 1.165) is 6.07 Å². The first kappa shape index (κ1) is 14.8. The fourth-order valence-electron chi connectivity index (χ4n) is 1.69. The highest BCUT2D eigenvalue weighted by Gasteiger charge is 2.12. The van der Waals surface area contributed by atoms with E-state index in [9.17, 15) is 14.5 Å². The zero-order valence-corrected chi connectivity index (χ0v) is 11.3. The van der Waals surface area contributed by atoms with Gasteiger partial charge in [-0.1, -0.05) is 11.6 Å². The molecule has 0 saturated carbocycles. The molecule has 0 aliphatic heterocycles. The summed E-state index contributed by atoms with van der Waals surface area (Å²) in [5.74, 6) is -0.220. The molecule has 0 N–H and O–H groups in total. The quantitative estimate of drug-likeness (QED) is 0.635. The number of rotatable bonds is 4. The Morgan fingerprint density at radius 2 is 2.10 bits per heavy atom. The van der Waals surface area contributed by atoms with E-state index in [4.69, 9.17) is 21.6 Å². The number of nitriles is 1. The van der Waals surface area contributed by atoms with Crippen molar-refractivity contribution in [2.45, 2.75) is 6.61 Å². The van der Waals surface area contributed by atoms with Crippen molar-refractivity contribution in [2.75, 3.05) is 0 Å². The van der Waals surface area contributed by atoms with Gasteiger partial charge in [-0.05, 0) is 29.8 Å². The van der Waals surface area contributed by atoms with Crippen LogP contribution < -0.4 is 4.74 Å². The molecule has 7 heteroatoms. The molecule has 0 fully saturated rings. The number of benzene rings is 2. The predicted molar refractivity (Wildman–Crippen MR) is 73.6 cm³/mol. The molecule has 2 aromatic rings. The number of hydrogen-bond acceptors (Lipinski definition) is 4. The molecule has 0 bridgehead atoms.